The zero-order valence-electron chi connectivity index (χ0n) is 16.6. The Hall–Kier alpha value is -1.77. The van der Waals surface area contributed by atoms with Crippen molar-refractivity contribution in [2.24, 2.45) is 5.92 Å². The molecule has 28 heavy (non-hydrogen) atoms. The maximum Gasteiger partial charge on any atom is 0.225 e. The minimum absolute atomic E-state index is 0. The Bertz CT molecular complexity index is 679. The van der Waals surface area contributed by atoms with Crippen molar-refractivity contribution in [1.29, 1.82) is 5.26 Å². The van der Waals surface area contributed by atoms with E-state index < -0.39 is 0 Å². The summed E-state index contributed by atoms with van der Waals surface area (Å²) >= 11 is 0. The van der Waals surface area contributed by atoms with Crippen molar-refractivity contribution in [2.75, 3.05) is 44.2 Å². The van der Waals surface area contributed by atoms with Crippen LogP contribution in [0, 0.1) is 17.2 Å². The molecule has 2 saturated heterocycles. The summed E-state index contributed by atoms with van der Waals surface area (Å²) < 4.78 is 0. The molecule has 3 fully saturated rings. The Balaban J connectivity index is 0.00000225. The van der Waals surface area contributed by atoms with Crippen LogP contribution in [0.25, 0.3) is 0 Å². The first-order chi connectivity index (χ1) is 13.2. The third-order valence-corrected chi connectivity index (χ3v) is 6.67. The number of piperazine rings is 1. The van der Waals surface area contributed by atoms with E-state index in [4.69, 9.17) is 5.26 Å². The van der Waals surface area contributed by atoms with E-state index in [-0.39, 0.29) is 18.3 Å². The molecule has 6 heteroatoms. The van der Waals surface area contributed by atoms with Gasteiger partial charge >= 0.3 is 0 Å². The SMILES string of the molecule is Cl.N#Cc1ccc(N2CCC(C(=O)N3CCN(C4CCCC4)CC3)CC2)cc1. The number of anilines is 1. The van der Waals surface area contributed by atoms with Gasteiger partial charge in [-0.2, -0.15) is 5.26 Å². The molecule has 1 saturated carbocycles. The van der Waals surface area contributed by atoms with Gasteiger partial charge in [0.25, 0.3) is 0 Å². The monoisotopic (exact) mass is 402 g/mol. The predicted molar refractivity (Wildman–Crippen MR) is 114 cm³/mol. The van der Waals surface area contributed by atoms with Crippen LogP contribution in [0.3, 0.4) is 0 Å². The van der Waals surface area contributed by atoms with Gasteiger partial charge in [-0.25, -0.2) is 0 Å². The van der Waals surface area contributed by atoms with Gasteiger partial charge in [-0.3, -0.25) is 9.69 Å². The number of hydrogen-bond acceptors (Lipinski definition) is 4. The molecule has 1 amide bonds. The van der Waals surface area contributed by atoms with Crippen LogP contribution in [0.2, 0.25) is 0 Å². The van der Waals surface area contributed by atoms with Gasteiger partial charge in [0.15, 0.2) is 0 Å². The molecule has 0 N–H and O–H groups in total. The highest BCUT2D eigenvalue weighted by Crippen LogP contribution is 2.27. The molecule has 3 aliphatic rings. The van der Waals surface area contributed by atoms with Gasteiger partial charge in [-0.1, -0.05) is 12.8 Å². The fourth-order valence-corrected chi connectivity index (χ4v) is 4.97. The van der Waals surface area contributed by atoms with Crippen LogP contribution in [0.4, 0.5) is 5.69 Å². The second-order valence-corrected chi connectivity index (χ2v) is 8.22. The highest BCUT2D eigenvalue weighted by Gasteiger charge is 2.32. The number of carbonyl (C=O) groups is 1. The van der Waals surface area contributed by atoms with E-state index in [0.717, 1.165) is 63.8 Å². The summed E-state index contributed by atoms with van der Waals surface area (Å²) in [6.45, 7) is 5.77. The summed E-state index contributed by atoms with van der Waals surface area (Å²) in [7, 11) is 0. The van der Waals surface area contributed by atoms with Crippen LogP contribution in [0.15, 0.2) is 24.3 Å². The number of halogens is 1. The molecule has 0 radical (unpaired) electrons. The standard InChI is InChI=1S/C22H30N4O.ClH/c23-17-18-5-7-21(8-6-18)24-11-9-19(10-12-24)22(27)26-15-13-25(14-16-26)20-3-1-2-4-20;/h5-8,19-20H,1-4,9-16H2;1H. The summed E-state index contributed by atoms with van der Waals surface area (Å²) in [4.78, 5) is 20.0. The number of hydrogen-bond donors (Lipinski definition) is 0. The molecule has 0 unspecified atom stereocenters. The number of nitriles is 1. The average molecular weight is 403 g/mol. The molecule has 1 aliphatic carbocycles. The number of carbonyl (C=O) groups excluding carboxylic acids is 1. The van der Waals surface area contributed by atoms with Gasteiger partial charge in [-0.05, 0) is 49.9 Å². The van der Waals surface area contributed by atoms with E-state index in [1.54, 1.807) is 0 Å². The third-order valence-electron chi connectivity index (χ3n) is 6.67. The summed E-state index contributed by atoms with van der Waals surface area (Å²) in [5, 5.41) is 8.93. The minimum atomic E-state index is 0. The van der Waals surface area contributed by atoms with E-state index in [9.17, 15) is 4.79 Å². The maximum atomic E-state index is 13.0. The zero-order chi connectivity index (χ0) is 18.6. The molecule has 2 heterocycles. The fraction of sp³-hybridized carbons (Fsp3) is 0.636. The summed E-state index contributed by atoms with van der Waals surface area (Å²) in [6, 6.07) is 10.7. The Kier molecular flexibility index (Phi) is 7.20. The predicted octanol–water partition coefficient (Wildman–Crippen LogP) is 3.28. The first-order valence-electron chi connectivity index (χ1n) is 10.5. The van der Waals surface area contributed by atoms with E-state index in [1.165, 1.54) is 25.7 Å². The quantitative estimate of drug-likeness (QED) is 0.778. The largest absolute Gasteiger partial charge is 0.371 e. The molecule has 1 aromatic rings. The molecule has 2 aliphatic heterocycles. The van der Waals surface area contributed by atoms with Crippen LogP contribution in [-0.4, -0.2) is 61.0 Å². The highest BCUT2D eigenvalue weighted by molar-refractivity contribution is 5.85. The number of amides is 1. The first-order valence-corrected chi connectivity index (χ1v) is 10.5. The van der Waals surface area contributed by atoms with Crippen molar-refractivity contribution in [2.45, 2.75) is 44.6 Å². The summed E-state index contributed by atoms with van der Waals surface area (Å²) in [5.74, 6) is 0.554. The molecule has 0 spiro atoms. The van der Waals surface area contributed by atoms with Crippen LogP contribution < -0.4 is 4.90 Å². The number of piperidine rings is 1. The van der Waals surface area contributed by atoms with Crippen molar-refractivity contribution in [3.8, 4) is 6.07 Å². The highest BCUT2D eigenvalue weighted by atomic mass is 35.5. The van der Waals surface area contributed by atoms with Crippen molar-refractivity contribution in [1.82, 2.24) is 9.80 Å². The molecule has 152 valence electrons. The second-order valence-electron chi connectivity index (χ2n) is 8.22. The van der Waals surface area contributed by atoms with Crippen LogP contribution in [0.1, 0.15) is 44.1 Å². The number of rotatable bonds is 3. The number of nitrogens with zero attached hydrogens (tertiary/aromatic N) is 4. The molecular weight excluding hydrogens is 372 g/mol. The molecule has 4 rings (SSSR count). The second kappa shape index (κ2) is 9.62. The normalized spacial score (nSPS) is 22.0. The van der Waals surface area contributed by atoms with E-state index >= 15 is 0 Å². The fourth-order valence-electron chi connectivity index (χ4n) is 4.97. The molecule has 0 aromatic heterocycles. The minimum Gasteiger partial charge on any atom is -0.371 e. The van der Waals surface area contributed by atoms with Crippen molar-refractivity contribution < 1.29 is 4.79 Å². The lowest BCUT2D eigenvalue weighted by Gasteiger charge is -2.40. The smallest absolute Gasteiger partial charge is 0.225 e. The Morgan fingerprint density at radius 3 is 2.07 bits per heavy atom. The van der Waals surface area contributed by atoms with Crippen LogP contribution in [-0.2, 0) is 4.79 Å². The average Bonchev–Trinajstić information content (AvgIpc) is 3.28. The zero-order valence-corrected chi connectivity index (χ0v) is 17.4. The van der Waals surface area contributed by atoms with E-state index in [1.807, 2.05) is 24.3 Å². The summed E-state index contributed by atoms with van der Waals surface area (Å²) in [6.07, 6.45) is 7.32. The lowest BCUT2D eigenvalue weighted by molar-refractivity contribution is -0.138. The maximum absolute atomic E-state index is 13.0. The van der Waals surface area contributed by atoms with Gasteiger partial charge in [0.2, 0.25) is 5.91 Å². The first kappa shape index (κ1) is 21.0. The van der Waals surface area contributed by atoms with Crippen LogP contribution in [0.5, 0.6) is 0 Å². The molecule has 0 bridgehead atoms. The molecule has 0 atom stereocenters. The van der Waals surface area contributed by atoms with Gasteiger partial charge in [0, 0.05) is 56.9 Å². The molecule has 1 aromatic carbocycles. The molecular formula is C22H31ClN4O. The topological polar surface area (TPSA) is 50.6 Å². The van der Waals surface area contributed by atoms with Gasteiger partial charge in [0.1, 0.15) is 0 Å². The van der Waals surface area contributed by atoms with Crippen molar-refractivity contribution in [3.05, 3.63) is 29.8 Å². The van der Waals surface area contributed by atoms with Gasteiger partial charge in [-0.15, -0.1) is 12.4 Å². The third kappa shape index (κ3) is 4.61. The van der Waals surface area contributed by atoms with Gasteiger partial charge < -0.3 is 9.80 Å². The Labute approximate surface area is 174 Å². The van der Waals surface area contributed by atoms with Gasteiger partial charge in [0.05, 0.1) is 11.6 Å². The van der Waals surface area contributed by atoms with Crippen molar-refractivity contribution >= 4 is 24.0 Å². The Morgan fingerprint density at radius 2 is 1.50 bits per heavy atom. The Morgan fingerprint density at radius 1 is 0.893 bits per heavy atom. The van der Waals surface area contributed by atoms with E-state index in [2.05, 4.69) is 20.8 Å². The summed E-state index contributed by atoms with van der Waals surface area (Å²) in [5.41, 5.74) is 1.85. The molecule has 5 nitrogen and oxygen atoms in total. The van der Waals surface area contributed by atoms with Crippen molar-refractivity contribution in [3.63, 3.8) is 0 Å². The van der Waals surface area contributed by atoms with E-state index in [0.29, 0.717) is 11.5 Å². The lowest BCUT2D eigenvalue weighted by Crippen LogP contribution is -2.53. The lowest BCUT2D eigenvalue weighted by atomic mass is 9.94. The number of benzene rings is 1. The van der Waals surface area contributed by atoms with Crippen LogP contribution >= 0.6 is 12.4 Å².